The fourth-order valence-corrected chi connectivity index (χ4v) is 4.29. The molecule has 0 fully saturated rings. The quantitative estimate of drug-likeness (QED) is 0.279. The van der Waals surface area contributed by atoms with Gasteiger partial charge in [0, 0.05) is 24.2 Å². The Morgan fingerprint density at radius 3 is 2.41 bits per heavy atom. The predicted molar refractivity (Wildman–Crippen MR) is 127 cm³/mol. The molecule has 2 atom stereocenters. The van der Waals surface area contributed by atoms with Crippen LogP contribution in [-0.4, -0.2) is 46.7 Å². The van der Waals surface area contributed by atoms with Crippen LogP contribution in [0.3, 0.4) is 0 Å². The van der Waals surface area contributed by atoms with Gasteiger partial charge in [0.2, 0.25) is 11.8 Å². The van der Waals surface area contributed by atoms with E-state index < -0.39 is 59.0 Å². The zero-order chi connectivity index (χ0) is 27.5. The van der Waals surface area contributed by atoms with Crippen molar-refractivity contribution >= 4 is 46.8 Å². The topological polar surface area (TPSA) is 88.6 Å². The van der Waals surface area contributed by atoms with Crippen LogP contribution in [0.5, 0.6) is 0 Å². The first-order chi connectivity index (χ1) is 17.4. The van der Waals surface area contributed by atoms with Crippen molar-refractivity contribution in [2.24, 2.45) is 5.92 Å². The van der Waals surface area contributed by atoms with Gasteiger partial charge in [-0.1, -0.05) is 29.3 Å². The van der Waals surface area contributed by atoms with Crippen LogP contribution in [0.1, 0.15) is 24.5 Å². The number of benzene rings is 1. The molecule has 0 spiro atoms. The number of aromatic nitrogens is 1. The highest BCUT2D eigenvalue weighted by Gasteiger charge is 2.44. The third-order valence-corrected chi connectivity index (χ3v) is 6.43. The highest BCUT2D eigenvalue weighted by atomic mass is 35.5. The Kier molecular flexibility index (Phi) is 8.80. The lowest BCUT2D eigenvalue weighted by atomic mass is 9.73. The number of anilines is 1. The fraction of sp³-hybridized carbons (Fsp3) is 0.333. The number of ether oxygens (including phenoxy) is 1. The standard InChI is InChI=1S/C24H21Cl2F4N3O4/c1-12-16(8-17(12)23(36)37-2)20(22(35)32-21-18(27)7-15(26)10-31-21)33(19(34)9-25)11-13-3-5-14(6-4-13)24(28,29)30/h3-7,10,16,20H,8-9,11H2,1-2H3,(H,31,32,35). The van der Waals surface area contributed by atoms with E-state index in [1.165, 1.54) is 19.2 Å². The van der Waals surface area contributed by atoms with Gasteiger partial charge in [-0.15, -0.1) is 11.6 Å². The molecule has 1 aliphatic carbocycles. The summed E-state index contributed by atoms with van der Waals surface area (Å²) in [6, 6.07) is 3.69. The minimum atomic E-state index is -4.56. The number of methoxy groups -OCH3 is 1. The third-order valence-electron chi connectivity index (χ3n) is 5.99. The first-order valence-electron chi connectivity index (χ1n) is 10.8. The number of hydrogen-bond acceptors (Lipinski definition) is 5. The van der Waals surface area contributed by atoms with Crippen molar-refractivity contribution < 1.29 is 36.7 Å². The van der Waals surface area contributed by atoms with Gasteiger partial charge in [0.25, 0.3) is 0 Å². The van der Waals surface area contributed by atoms with Crippen molar-refractivity contribution in [2.75, 3.05) is 18.3 Å². The summed E-state index contributed by atoms with van der Waals surface area (Å²) in [4.78, 5) is 43.2. The van der Waals surface area contributed by atoms with Crippen molar-refractivity contribution in [1.82, 2.24) is 9.88 Å². The number of halogens is 6. The first-order valence-corrected chi connectivity index (χ1v) is 11.7. The van der Waals surface area contributed by atoms with Crippen LogP contribution in [-0.2, 0) is 31.8 Å². The second-order valence-corrected chi connectivity index (χ2v) is 8.94. The first kappa shape index (κ1) is 28.4. The molecule has 2 aromatic rings. The van der Waals surface area contributed by atoms with E-state index >= 15 is 0 Å². The van der Waals surface area contributed by atoms with E-state index in [9.17, 15) is 31.9 Å². The number of pyridine rings is 1. The smallest absolute Gasteiger partial charge is 0.416 e. The van der Waals surface area contributed by atoms with Crippen molar-refractivity contribution in [2.45, 2.75) is 32.1 Å². The van der Waals surface area contributed by atoms with Crippen molar-refractivity contribution in [3.63, 3.8) is 0 Å². The maximum Gasteiger partial charge on any atom is 0.416 e. The van der Waals surface area contributed by atoms with Gasteiger partial charge in [0.05, 0.1) is 17.7 Å². The van der Waals surface area contributed by atoms with Crippen LogP contribution >= 0.6 is 23.2 Å². The van der Waals surface area contributed by atoms with E-state index in [0.717, 1.165) is 29.3 Å². The number of nitrogens with one attached hydrogen (secondary N) is 1. The molecule has 0 saturated heterocycles. The van der Waals surface area contributed by atoms with Gasteiger partial charge in [-0.3, -0.25) is 9.59 Å². The van der Waals surface area contributed by atoms with Crippen molar-refractivity contribution in [1.29, 1.82) is 0 Å². The minimum Gasteiger partial charge on any atom is -0.466 e. The highest BCUT2D eigenvalue weighted by molar-refractivity contribution is 6.30. The number of carbonyl (C=O) groups excluding carboxylic acids is 3. The molecule has 0 bridgehead atoms. The summed E-state index contributed by atoms with van der Waals surface area (Å²) in [6.07, 6.45) is -3.38. The average molecular weight is 562 g/mol. The van der Waals surface area contributed by atoms with Gasteiger partial charge in [-0.05, 0) is 37.1 Å². The predicted octanol–water partition coefficient (Wildman–Crippen LogP) is 4.98. The lowest BCUT2D eigenvalue weighted by Gasteiger charge is -2.41. The third kappa shape index (κ3) is 6.40. The number of carbonyl (C=O) groups is 3. The Morgan fingerprint density at radius 2 is 1.89 bits per heavy atom. The Bertz CT molecular complexity index is 1240. The molecule has 198 valence electrons. The van der Waals surface area contributed by atoms with Gasteiger partial charge in [0.1, 0.15) is 11.9 Å². The Balaban J connectivity index is 2.00. The lowest BCUT2D eigenvalue weighted by molar-refractivity contribution is -0.140. The minimum absolute atomic E-state index is 0.00575. The molecule has 13 heteroatoms. The molecule has 7 nitrogen and oxygen atoms in total. The summed E-state index contributed by atoms with van der Waals surface area (Å²) in [6.45, 7) is 1.30. The van der Waals surface area contributed by atoms with Crippen LogP contribution in [0.25, 0.3) is 0 Å². The number of amides is 2. The van der Waals surface area contributed by atoms with E-state index in [4.69, 9.17) is 27.9 Å². The normalized spacial score (nSPS) is 16.1. The van der Waals surface area contributed by atoms with E-state index in [2.05, 4.69) is 10.3 Å². The second kappa shape index (κ2) is 11.5. The molecule has 0 saturated carbocycles. The van der Waals surface area contributed by atoms with Gasteiger partial charge < -0.3 is 15.0 Å². The zero-order valence-corrected chi connectivity index (χ0v) is 21.0. The number of hydrogen-bond donors (Lipinski definition) is 1. The molecule has 1 aromatic heterocycles. The van der Waals surface area contributed by atoms with E-state index in [1.807, 2.05) is 0 Å². The van der Waals surface area contributed by atoms with Gasteiger partial charge in [0.15, 0.2) is 11.6 Å². The summed E-state index contributed by atoms with van der Waals surface area (Å²) in [5.74, 6) is -4.74. The molecule has 2 unspecified atom stereocenters. The molecular formula is C24H21Cl2F4N3O4. The number of esters is 1. The van der Waals surface area contributed by atoms with Crippen molar-refractivity contribution in [3.8, 4) is 0 Å². The largest absolute Gasteiger partial charge is 0.466 e. The van der Waals surface area contributed by atoms with E-state index in [1.54, 1.807) is 6.92 Å². The molecule has 0 radical (unpaired) electrons. The Labute approximate surface area is 219 Å². The number of rotatable bonds is 8. The van der Waals surface area contributed by atoms with E-state index in [-0.39, 0.29) is 23.6 Å². The highest BCUT2D eigenvalue weighted by Crippen LogP contribution is 2.40. The molecule has 0 aliphatic heterocycles. The Hall–Kier alpha value is -3.18. The van der Waals surface area contributed by atoms with Crippen LogP contribution in [0.4, 0.5) is 23.4 Å². The van der Waals surface area contributed by atoms with Crippen LogP contribution in [0.15, 0.2) is 47.7 Å². The van der Waals surface area contributed by atoms with E-state index in [0.29, 0.717) is 11.1 Å². The summed E-state index contributed by atoms with van der Waals surface area (Å²) in [7, 11) is 1.20. The summed E-state index contributed by atoms with van der Waals surface area (Å²) < 4.78 is 58.0. The second-order valence-electron chi connectivity index (χ2n) is 8.23. The monoisotopic (exact) mass is 561 g/mol. The molecule has 2 amide bonds. The fourth-order valence-electron chi connectivity index (χ4n) is 4.00. The lowest BCUT2D eigenvalue weighted by Crippen LogP contribution is -2.54. The number of alkyl halides is 4. The molecule has 1 N–H and O–H groups in total. The number of nitrogens with zero attached hydrogens (tertiary/aromatic N) is 2. The Morgan fingerprint density at radius 1 is 1.24 bits per heavy atom. The molecular weight excluding hydrogens is 541 g/mol. The molecule has 1 aliphatic rings. The maximum absolute atomic E-state index is 14.3. The summed E-state index contributed by atoms with van der Waals surface area (Å²) in [5.41, 5.74) is 0.185. The van der Waals surface area contributed by atoms with Crippen LogP contribution in [0.2, 0.25) is 5.02 Å². The van der Waals surface area contributed by atoms with Crippen LogP contribution in [0, 0.1) is 11.7 Å². The molecule has 1 heterocycles. The summed E-state index contributed by atoms with van der Waals surface area (Å²) >= 11 is 11.5. The zero-order valence-electron chi connectivity index (χ0n) is 19.5. The maximum atomic E-state index is 14.3. The van der Waals surface area contributed by atoms with Gasteiger partial charge in [-0.25, -0.2) is 14.2 Å². The SMILES string of the molecule is COC(=O)C1=C(C)C(C(C(=O)Nc2ncc(Cl)cc2F)N(Cc2ccc(C(F)(F)F)cc2)C(=O)CCl)C1. The molecule has 3 rings (SSSR count). The van der Waals surface area contributed by atoms with Crippen molar-refractivity contribution in [3.05, 3.63) is 69.6 Å². The average Bonchev–Trinajstić information content (AvgIpc) is 2.85. The van der Waals surface area contributed by atoms with Crippen LogP contribution < -0.4 is 5.32 Å². The van der Waals surface area contributed by atoms with Gasteiger partial charge >= 0.3 is 12.1 Å². The summed E-state index contributed by atoms with van der Waals surface area (Å²) in [5, 5.41) is 2.33. The molecule has 37 heavy (non-hydrogen) atoms. The molecule has 1 aromatic carbocycles. The van der Waals surface area contributed by atoms with Gasteiger partial charge in [-0.2, -0.15) is 13.2 Å².